The van der Waals surface area contributed by atoms with Crippen LogP contribution in [0, 0.1) is 0 Å². The van der Waals surface area contributed by atoms with Crippen LogP contribution >= 0.6 is 11.3 Å². The number of nitrogens with zero attached hydrogens (tertiary/aromatic N) is 1. The number of hydrogen-bond donors (Lipinski definition) is 2. The van der Waals surface area contributed by atoms with Gasteiger partial charge in [0.25, 0.3) is 0 Å². The maximum absolute atomic E-state index is 8.74. The summed E-state index contributed by atoms with van der Waals surface area (Å²) in [6.45, 7) is 0. The zero-order chi connectivity index (χ0) is 10.6. The number of hydrogen-bond acceptors (Lipinski definition) is 4. The molecule has 0 spiro atoms. The van der Waals surface area contributed by atoms with Gasteiger partial charge in [-0.3, -0.25) is 9.11 Å². The van der Waals surface area contributed by atoms with Crippen molar-refractivity contribution in [3.8, 4) is 0 Å². The second kappa shape index (κ2) is 4.47. The Kier molecular flexibility index (Phi) is 3.53. The van der Waals surface area contributed by atoms with Crippen LogP contribution in [-0.4, -0.2) is 22.5 Å². The normalized spacial score (nSPS) is 10.7. The number of aromatic nitrogens is 1. The molecule has 0 unspecified atom stereocenters. The van der Waals surface area contributed by atoms with E-state index in [0.717, 1.165) is 5.52 Å². The minimum atomic E-state index is -4.67. The lowest BCUT2D eigenvalue weighted by Crippen LogP contribution is -1.89. The Morgan fingerprint density at radius 2 is 1.79 bits per heavy atom. The molecule has 1 aromatic carbocycles. The molecule has 1 aromatic heterocycles. The molecule has 0 aliphatic carbocycles. The SMILES string of the molecule is O=S(=O)(O)O.c1ccc2scnc2c1. The van der Waals surface area contributed by atoms with Gasteiger partial charge in [0.1, 0.15) is 0 Å². The van der Waals surface area contributed by atoms with Gasteiger partial charge < -0.3 is 0 Å². The van der Waals surface area contributed by atoms with E-state index < -0.39 is 10.4 Å². The minimum absolute atomic E-state index is 1.10. The second-order valence-corrected chi connectivity index (χ2v) is 4.05. The topological polar surface area (TPSA) is 87.5 Å². The molecule has 0 saturated carbocycles. The molecule has 1 heterocycles. The average molecular weight is 233 g/mol. The summed E-state index contributed by atoms with van der Waals surface area (Å²) in [7, 11) is -4.67. The Labute approximate surface area is 84.6 Å². The third-order valence-corrected chi connectivity index (χ3v) is 2.05. The first-order valence-corrected chi connectivity index (χ1v) is 5.72. The summed E-state index contributed by atoms with van der Waals surface area (Å²) in [5, 5.41) is 0. The van der Waals surface area contributed by atoms with Crippen molar-refractivity contribution in [2.75, 3.05) is 0 Å². The molecule has 0 atom stereocenters. The van der Waals surface area contributed by atoms with Gasteiger partial charge in [-0.2, -0.15) is 8.42 Å². The zero-order valence-corrected chi connectivity index (χ0v) is 8.49. The van der Waals surface area contributed by atoms with E-state index in [9.17, 15) is 0 Å². The van der Waals surface area contributed by atoms with Crippen molar-refractivity contribution in [1.82, 2.24) is 4.98 Å². The van der Waals surface area contributed by atoms with Crippen molar-refractivity contribution >= 4 is 32.0 Å². The van der Waals surface area contributed by atoms with Crippen LogP contribution in [0.3, 0.4) is 0 Å². The Balaban J connectivity index is 0.000000171. The molecule has 5 nitrogen and oxygen atoms in total. The number of para-hydroxylation sites is 1. The highest BCUT2D eigenvalue weighted by atomic mass is 32.3. The van der Waals surface area contributed by atoms with Crippen molar-refractivity contribution in [3.05, 3.63) is 29.8 Å². The first-order valence-electron chi connectivity index (χ1n) is 3.45. The van der Waals surface area contributed by atoms with Crippen molar-refractivity contribution < 1.29 is 17.5 Å². The first kappa shape index (κ1) is 11.1. The van der Waals surface area contributed by atoms with E-state index in [-0.39, 0.29) is 0 Å². The molecular weight excluding hydrogens is 226 g/mol. The Morgan fingerprint density at radius 1 is 1.21 bits per heavy atom. The molecule has 14 heavy (non-hydrogen) atoms. The molecule has 0 bridgehead atoms. The summed E-state index contributed by atoms with van der Waals surface area (Å²) in [4.78, 5) is 4.14. The molecule has 0 aliphatic rings. The largest absolute Gasteiger partial charge is 0.394 e. The fraction of sp³-hybridized carbons (Fsp3) is 0. The van der Waals surface area contributed by atoms with Gasteiger partial charge in [0.15, 0.2) is 0 Å². The fourth-order valence-corrected chi connectivity index (χ4v) is 1.48. The van der Waals surface area contributed by atoms with Crippen molar-refractivity contribution in [3.63, 3.8) is 0 Å². The van der Waals surface area contributed by atoms with Gasteiger partial charge in [-0.25, -0.2) is 4.98 Å². The van der Waals surface area contributed by atoms with Crippen LogP contribution < -0.4 is 0 Å². The van der Waals surface area contributed by atoms with Gasteiger partial charge in [-0.15, -0.1) is 11.3 Å². The van der Waals surface area contributed by atoms with E-state index in [1.165, 1.54) is 4.70 Å². The quantitative estimate of drug-likeness (QED) is 0.675. The van der Waals surface area contributed by atoms with Gasteiger partial charge in [0, 0.05) is 0 Å². The summed E-state index contributed by atoms with van der Waals surface area (Å²) in [5.74, 6) is 0. The third-order valence-electron chi connectivity index (χ3n) is 1.24. The van der Waals surface area contributed by atoms with Crippen LogP contribution in [0.15, 0.2) is 29.8 Å². The number of fused-ring (bicyclic) bond motifs is 1. The monoisotopic (exact) mass is 233 g/mol. The molecular formula is C7H7NO4S2. The van der Waals surface area contributed by atoms with Crippen molar-refractivity contribution in [2.45, 2.75) is 0 Å². The van der Waals surface area contributed by atoms with Gasteiger partial charge in [-0.1, -0.05) is 12.1 Å². The molecule has 0 aliphatic heterocycles. The number of benzene rings is 1. The minimum Gasteiger partial charge on any atom is -0.264 e. The fourth-order valence-electron chi connectivity index (χ4n) is 0.803. The van der Waals surface area contributed by atoms with Crippen LogP contribution in [0.25, 0.3) is 10.2 Å². The lowest BCUT2D eigenvalue weighted by molar-refractivity contribution is 0.381. The van der Waals surface area contributed by atoms with Crippen molar-refractivity contribution in [2.24, 2.45) is 0 Å². The molecule has 76 valence electrons. The lowest BCUT2D eigenvalue weighted by Gasteiger charge is -1.80. The molecule has 0 saturated heterocycles. The van der Waals surface area contributed by atoms with Gasteiger partial charge in [0.2, 0.25) is 0 Å². The van der Waals surface area contributed by atoms with E-state index in [0.29, 0.717) is 0 Å². The predicted octanol–water partition coefficient (Wildman–Crippen LogP) is 1.64. The summed E-state index contributed by atoms with van der Waals surface area (Å²) < 4.78 is 32.8. The van der Waals surface area contributed by atoms with Crippen LogP contribution in [0.5, 0.6) is 0 Å². The highest BCUT2D eigenvalue weighted by Gasteiger charge is 1.89. The molecule has 2 rings (SSSR count). The number of rotatable bonds is 0. The van der Waals surface area contributed by atoms with Crippen molar-refractivity contribution in [1.29, 1.82) is 0 Å². The zero-order valence-electron chi connectivity index (χ0n) is 6.86. The molecule has 7 heteroatoms. The predicted molar refractivity (Wildman–Crippen MR) is 53.8 cm³/mol. The Hall–Kier alpha value is -1.02. The average Bonchev–Trinajstić information content (AvgIpc) is 2.47. The molecule has 0 amide bonds. The Bertz CT molecular complexity index is 467. The van der Waals surface area contributed by atoms with Crippen LogP contribution in [0.4, 0.5) is 0 Å². The smallest absolute Gasteiger partial charge is 0.264 e. The van der Waals surface area contributed by atoms with Gasteiger partial charge in [-0.05, 0) is 12.1 Å². The highest BCUT2D eigenvalue weighted by Crippen LogP contribution is 2.15. The van der Waals surface area contributed by atoms with E-state index >= 15 is 0 Å². The van der Waals surface area contributed by atoms with E-state index in [1.54, 1.807) is 11.3 Å². The molecule has 0 radical (unpaired) electrons. The third kappa shape index (κ3) is 4.28. The molecule has 0 fully saturated rings. The summed E-state index contributed by atoms with van der Waals surface area (Å²) >= 11 is 1.68. The maximum atomic E-state index is 8.74. The van der Waals surface area contributed by atoms with E-state index in [1.807, 2.05) is 23.7 Å². The second-order valence-electron chi connectivity index (χ2n) is 2.27. The van der Waals surface area contributed by atoms with Crippen LogP contribution in [0.2, 0.25) is 0 Å². The standard InChI is InChI=1S/C7H5NS.H2O4S/c1-2-4-7-6(3-1)8-5-9-7;1-5(2,3)4/h1-5H;(H2,1,2,3,4). The van der Waals surface area contributed by atoms with Crippen LogP contribution in [-0.2, 0) is 10.4 Å². The summed E-state index contributed by atoms with van der Waals surface area (Å²) in [5.41, 5.74) is 2.97. The summed E-state index contributed by atoms with van der Waals surface area (Å²) in [6.07, 6.45) is 0. The van der Waals surface area contributed by atoms with Gasteiger partial charge in [0.05, 0.1) is 15.7 Å². The molecule has 2 aromatic rings. The van der Waals surface area contributed by atoms with Gasteiger partial charge >= 0.3 is 10.4 Å². The maximum Gasteiger partial charge on any atom is 0.394 e. The summed E-state index contributed by atoms with van der Waals surface area (Å²) in [6, 6.07) is 8.13. The lowest BCUT2D eigenvalue weighted by atomic mass is 10.3. The van der Waals surface area contributed by atoms with E-state index in [4.69, 9.17) is 17.5 Å². The van der Waals surface area contributed by atoms with Crippen LogP contribution in [0.1, 0.15) is 0 Å². The first-order chi connectivity index (χ1) is 6.47. The Morgan fingerprint density at radius 3 is 2.36 bits per heavy atom. The molecule has 2 N–H and O–H groups in total. The highest BCUT2D eigenvalue weighted by molar-refractivity contribution is 7.79. The van der Waals surface area contributed by atoms with E-state index in [2.05, 4.69) is 11.1 Å². The number of thiazole rings is 1.